The molecule has 2 aliphatic rings. The number of Topliss-reactive ketones (excluding diaryl/α,β-unsaturated/α-hetero) is 2. The van der Waals surface area contributed by atoms with E-state index in [0.29, 0.717) is 5.56 Å². The average Bonchev–Trinajstić information content (AvgIpc) is 3.45. The maximum atomic E-state index is 14.0. The van der Waals surface area contributed by atoms with E-state index in [-0.39, 0.29) is 62.5 Å². The number of methoxy groups -OCH3 is 1. The Bertz CT molecular complexity index is 1730. The number of anilines is 1. The molecule has 0 bridgehead atoms. The molecule has 13 heteroatoms. The van der Waals surface area contributed by atoms with Crippen LogP contribution in [0.3, 0.4) is 0 Å². The van der Waals surface area contributed by atoms with E-state index < -0.39 is 34.3 Å². The van der Waals surface area contributed by atoms with Gasteiger partial charge in [-0.1, -0.05) is 0 Å². The average molecular weight is 548 g/mol. The quantitative estimate of drug-likeness (QED) is 0.159. The minimum Gasteiger partial charge on any atom is -0.507 e. The van der Waals surface area contributed by atoms with Crippen molar-refractivity contribution in [2.45, 2.75) is 33.1 Å². The van der Waals surface area contributed by atoms with E-state index in [1.165, 1.54) is 51.7 Å². The van der Waals surface area contributed by atoms with E-state index in [0.717, 1.165) is 6.08 Å². The second kappa shape index (κ2) is 8.93. The van der Waals surface area contributed by atoms with Crippen molar-refractivity contribution in [2.75, 3.05) is 12.4 Å². The number of tetrazole rings is 1. The zero-order valence-corrected chi connectivity index (χ0v) is 22.4. The maximum Gasteiger partial charge on any atom is 0.205 e. The lowest BCUT2D eigenvalue weighted by Crippen LogP contribution is -2.40. The Kier molecular flexibility index (Phi) is 5.90. The molecule has 13 nitrogen and oxygen atoms in total. The van der Waals surface area contributed by atoms with Gasteiger partial charge in [0.25, 0.3) is 0 Å². The molecule has 0 spiro atoms. The largest absolute Gasteiger partial charge is 0.507 e. The van der Waals surface area contributed by atoms with Gasteiger partial charge in [-0.15, -0.1) is 10.2 Å². The molecule has 0 saturated carbocycles. The molecule has 1 aliphatic heterocycles. The number of hydrogen-bond acceptors (Lipinski definition) is 12. The first-order valence-corrected chi connectivity index (χ1v) is 12.0. The zero-order valence-electron chi connectivity index (χ0n) is 22.4. The molecule has 0 saturated heterocycles. The van der Waals surface area contributed by atoms with E-state index in [1.54, 1.807) is 7.05 Å². The molecule has 0 radical (unpaired) electrons. The molecule has 2 aromatic carbocycles. The summed E-state index contributed by atoms with van der Waals surface area (Å²) in [6.45, 7) is 5.56. The van der Waals surface area contributed by atoms with Crippen LogP contribution in [-0.2, 0) is 22.1 Å². The van der Waals surface area contributed by atoms with Gasteiger partial charge in [-0.05, 0) is 45.0 Å². The van der Waals surface area contributed by atoms with Crippen molar-refractivity contribution in [1.29, 1.82) is 0 Å². The lowest BCUT2D eigenvalue weighted by atomic mass is 9.70. The van der Waals surface area contributed by atoms with Crippen LogP contribution in [0.25, 0.3) is 11.4 Å². The Labute approximate surface area is 227 Å². The number of allylic oxidation sites excluding steroid dienone is 4. The lowest BCUT2D eigenvalue weighted by Gasteiger charge is -2.29. The van der Waals surface area contributed by atoms with Gasteiger partial charge < -0.3 is 30.1 Å². The minimum atomic E-state index is -1.68. The van der Waals surface area contributed by atoms with Gasteiger partial charge in [0.2, 0.25) is 5.82 Å². The van der Waals surface area contributed by atoms with Gasteiger partial charge in [0.15, 0.2) is 28.8 Å². The van der Waals surface area contributed by atoms with E-state index in [9.17, 15) is 29.7 Å². The number of hydrogen-bond donors (Lipinski definition) is 4. The molecular weight excluding hydrogens is 522 g/mol. The molecule has 0 unspecified atom stereocenters. The molecule has 1 aliphatic carbocycles. The Morgan fingerprint density at radius 1 is 1.12 bits per heavy atom. The van der Waals surface area contributed by atoms with Gasteiger partial charge >= 0.3 is 0 Å². The van der Waals surface area contributed by atoms with Crippen LogP contribution in [0.4, 0.5) is 5.69 Å². The summed E-state index contributed by atoms with van der Waals surface area (Å²) in [7, 11) is 2.95. The number of rotatable bonds is 5. The van der Waals surface area contributed by atoms with Crippen LogP contribution >= 0.6 is 0 Å². The second-order valence-electron chi connectivity index (χ2n) is 9.69. The van der Waals surface area contributed by atoms with Crippen LogP contribution in [0.2, 0.25) is 0 Å². The fourth-order valence-corrected chi connectivity index (χ4v) is 5.01. The molecule has 40 heavy (non-hydrogen) atoms. The van der Waals surface area contributed by atoms with Crippen LogP contribution in [0, 0.1) is 6.92 Å². The summed E-state index contributed by atoms with van der Waals surface area (Å²) >= 11 is 0. The van der Waals surface area contributed by atoms with Gasteiger partial charge in [-0.2, -0.15) is 4.80 Å². The van der Waals surface area contributed by atoms with Crippen molar-refractivity contribution in [3.63, 3.8) is 0 Å². The fourth-order valence-electron chi connectivity index (χ4n) is 5.01. The molecule has 206 valence electrons. The Hall–Kier alpha value is -5.20. The third-order valence-corrected chi connectivity index (χ3v) is 7.14. The summed E-state index contributed by atoms with van der Waals surface area (Å²) in [6, 6.07) is 3.01. The number of carbonyl (C=O) groups excluding carboxylic acids is 3. The van der Waals surface area contributed by atoms with E-state index in [1.807, 2.05) is 0 Å². The van der Waals surface area contributed by atoms with Gasteiger partial charge in [0.05, 0.1) is 31.0 Å². The number of aromatic hydroxyl groups is 3. The Balaban J connectivity index is 1.65. The number of phenols is 3. The van der Waals surface area contributed by atoms with Crippen LogP contribution in [0.1, 0.15) is 42.3 Å². The number of phenolic OH excluding ortho intramolecular Hbond substituents is 3. The maximum absolute atomic E-state index is 14.0. The first-order valence-electron chi connectivity index (χ1n) is 12.0. The number of nitrogens with one attached hydrogen (secondary N) is 1. The predicted molar refractivity (Wildman–Crippen MR) is 139 cm³/mol. The van der Waals surface area contributed by atoms with Gasteiger partial charge in [-0.3, -0.25) is 14.4 Å². The van der Waals surface area contributed by atoms with Gasteiger partial charge in [0, 0.05) is 22.9 Å². The summed E-state index contributed by atoms with van der Waals surface area (Å²) < 4.78 is 11.1. The summed E-state index contributed by atoms with van der Waals surface area (Å²) in [6.07, 6.45) is 1.11. The zero-order chi connectivity index (χ0) is 29.3. The highest BCUT2D eigenvalue weighted by molar-refractivity contribution is 6.31. The van der Waals surface area contributed by atoms with Crippen LogP contribution in [-0.4, -0.2) is 60.0 Å². The molecule has 2 heterocycles. The molecule has 1 aromatic heterocycles. The molecule has 3 aromatic rings. The number of aromatic nitrogens is 4. The molecule has 4 N–H and O–H groups in total. The van der Waals surface area contributed by atoms with Crippen molar-refractivity contribution < 1.29 is 39.2 Å². The van der Waals surface area contributed by atoms with E-state index in [2.05, 4.69) is 20.7 Å². The van der Waals surface area contributed by atoms with Crippen molar-refractivity contribution in [3.8, 4) is 40.1 Å². The number of fused-ring (bicyclic) bond motifs is 3. The monoisotopic (exact) mass is 547 g/mol. The van der Waals surface area contributed by atoms with Crippen LogP contribution in [0.15, 0.2) is 35.2 Å². The normalized spacial score (nSPS) is 19.0. The Morgan fingerprint density at radius 3 is 2.42 bits per heavy atom. The lowest BCUT2D eigenvalue weighted by molar-refractivity contribution is -0.123. The SMILES string of the molecule is COc1cc(-c2nnn(C)n2)cc(N/C(C)=C2\C(=O)C=C3Oc4c(C(C)=O)c(O)c(C)c(O)c4[C@@]3(C)C2=O)c1O. The summed E-state index contributed by atoms with van der Waals surface area (Å²) in [5.41, 5.74) is -1.56. The third-order valence-electron chi connectivity index (χ3n) is 7.14. The number of ether oxygens (including phenoxy) is 2. The van der Waals surface area contributed by atoms with Crippen LogP contribution < -0.4 is 14.8 Å². The smallest absolute Gasteiger partial charge is 0.205 e. The molecule has 0 fully saturated rings. The molecular formula is C27H25N5O8. The molecule has 5 rings (SSSR count). The van der Waals surface area contributed by atoms with Crippen molar-refractivity contribution in [3.05, 3.63) is 51.9 Å². The highest BCUT2D eigenvalue weighted by Gasteiger charge is 2.56. The standard InChI is InChI=1S/C27H25N5O8/c1-10-21(35)19(12(3)33)24-20(22(10)36)27(4)17(40-24)9-15(34)18(25(27)38)11(2)28-14-7-13(8-16(39-6)23(14)37)26-29-31-32(5)30-26/h7-9,28,35-37H,1-6H3/b18-11+/t27-/m0/s1. The third kappa shape index (κ3) is 3.61. The number of nitrogens with zero attached hydrogens (tertiary/aromatic N) is 4. The van der Waals surface area contributed by atoms with Crippen molar-refractivity contribution in [2.24, 2.45) is 7.05 Å². The first kappa shape index (κ1) is 26.4. The number of ketones is 3. The minimum absolute atomic E-state index is 0.00782. The number of carbonyl (C=O) groups is 3. The van der Waals surface area contributed by atoms with Crippen LogP contribution in [0.5, 0.6) is 28.7 Å². The van der Waals surface area contributed by atoms with Crippen molar-refractivity contribution in [1.82, 2.24) is 20.2 Å². The topological polar surface area (TPSA) is 186 Å². The Morgan fingerprint density at radius 2 is 1.82 bits per heavy atom. The second-order valence-corrected chi connectivity index (χ2v) is 9.69. The summed E-state index contributed by atoms with van der Waals surface area (Å²) in [4.78, 5) is 40.9. The predicted octanol–water partition coefficient (Wildman–Crippen LogP) is 2.59. The summed E-state index contributed by atoms with van der Waals surface area (Å²) in [5.74, 6) is -3.09. The summed E-state index contributed by atoms with van der Waals surface area (Å²) in [5, 5.41) is 47.1. The fraction of sp³-hybridized carbons (Fsp3) is 0.259. The van der Waals surface area contributed by atoms with E-state index >= 15 is 0 Å². The van der Waals surface area contributed by atoms with Gasteiger partial charge in [-0.25, -0.2) is 0 Å². The first-order chi connectivity index (χ1) is 18.8. The molecule has 0 amide bonds. The van der Waals surface area contributed by atoms with Crippen molar-refractivity contribution >= 4 is 23.0 Å². The highest BCUT2D eigenvalue weighted by atomic mass is 16.5. The van der Waals surface area contributed by atoms with Gasteiger partial charge in [0.1, 0.15) is 34.0 Å². The van der Waals surface area contributed by atoms with E-state index in [4.69, 9.17) is 9.47 Å². The highest BCUT2D eigenvalue weighted by Crippen LogP contribution is 2.57. The number of aryl methyl sites for hydroxylation is 1. The number of benzene rings is 2. The molecule has 1 atom stereocenters.